The molecule has 1 aromatic heterocycles. The highest BCUT2D eigenvalue weighted by molar-refractivity contribution is 5.97. The number of hydrogen-bond donors (Lipinski definition) is 2. The van der Waals surface area contributed by atoms with Crippen LogP contribution < -0.4 is 15.5 Å². The van der Waals surface area contributed by atoms with Crippen molar-refractivity contribution in [2.45, 2.75) is 6.42 Å². The summed E-state index contributed by atoms with van der Waals surface area (Å²) >= 11 is 0. The molecule has 6 nitrogen and oxygen atoms in total. The summed E-state index contributed by atoms with van der Waals surface area (Å²) in [6.07, 6.45) is 2.13. The van der Waals surface area contributed by atoms with Crippen LogP contribution in [0.1, 0.15) is 16.8 Å². The Labute approximate surface area is 122 Å². The van der Waals surface area contributed by atoms with Gasteiger partial charge in [-0.2, -0.15) is 0 Å². The number of ether oxygens (including phenoxy) is 2. The molecular formula is C15H18N2O4. The summed E-state index contributed by atoms with van der Waals surface area (Å²) in [5.74, 6) is 0.264. The van der Waals surface area contributed by atoms with Gasteiger partial charge in [0, 0.05) is 37.9 Å². The van der Waals surface area contributed by atoms with Crippen molar-refractivity contribution in [1.29, 1.82) is 0 Å². The van der Waals surface area contributed by atoms with E-state index in [-0.39, 0.29) is 16.9 Å². The number of methoxy groups -OCH3 is 2. The lowest BCUT2D eigenvalue weighted by Gasteiger charge is -2.06. The van der Waals surface area contributed by atoms with Crippen molar-refractivity contribution < 1.29 is 14.3 Å². The monoisotopic (exact) mass is 290 g/mol. The largest absolute Gasteiger partial charge is 0.497 e. The summed E-state index contributed by atoms with van der Waals surface area (Å²) in [5, 5.41) is 3.16. The number of H-pyrrole nitrogens is 1. The van der Waals surface area contributed by atoms with Crippen LogP contribution in [-0.4, -0.2) is 38.3 Å². The Hall–Kier alpha value is -2.34. The van der Waals surface area contributed by atoms with Crippen LogP contribution in [0.25, 0.3) is 10.9 Å². The first-order valence-electron chi connectivity index (χ1n) is 6.64. The minimum absolute atomic E-state index is 0.102. The lowest BCUT2D eigenvalue weighted by molar-refractivity contribution is 0.0947. The number of pyridine rings is 1. The fourth-order valence-electron chi connectivity index (χ4n) is 2.01. The molecule has 0 spiro atoms. The van der Waals surface area contributed by atoms with Crippen LogP contribution in [0.4, 0.5) is 0 Å². The summed E-state index contributed by atoms with van der Waals surface area (Å²) < 4.78 is 10.0. The van der Waals surface area contributed by atoms with Crippen LogP contribution in [0.3, 0.4) is 0 Å². The molecule has 21 heavy (non-hydrogen) atoms. The molecule has 0 unspecified atom stereocenters. The van der Waals surface area contributed by atoms with E-state index >= 15 is 0 Å². The van der Waals surface area contributed by atoms with Gasteiger partial charge in [0.25, 0.3) is 5.91 Å². The van der Waals surface area contributed by atoms with Crippen molar-refractivity contribution in [3.63, 3.8) is 0 Å². The van der Waals surface area contributed by atoms with Gasteiger partial charge in [0.15, 0.2) is 0 Å². The number of aromatic nitrogens is 1. The van der Waals surface area contributed by atoms with E-state index in [1.54, 1.807) is 32.4 Å². The zero-order valence-corrected chi connectivity index (χ0v) is 12.1. The quantitative estimate of drug-likeness (QED) is 0.786. The molecule has 0 radical (unpaired) electrons. The van der Waals surface area contributed by atoms with Crippen molar-refractivity contribution in [1.82, 2.24) is 10.3 Å². The van der Waals surface area contributed by atoms with Gasteiger partial charge < -0.3 is 19.8 Å². The summed E-state index contributed by atoms with van der Waals surface area (Å²) in [6.45, 7) is 1.03. The predicted molar refractivity (Wildman–Crippen MR) is 79.9 cm³/mol. The van der Waals surface area contributed by atoms with Gasteiger partial charge in [0.2, 0.25) is 5.43 Å². The van der Waals surface area contributed by atoms with Crippen molar-refractivity contribution in [3.05, 3.63) is 40.2 Å². The summed E-state index contributed by atoms with van der Waals surface area (Å²) in [5.41, 5.74) is 0.441. The van der Waals surface area contributed by atoms with Gasteiger partial charge in [-0.15, -0.1) is 0 Å². The Balaban J connectivity index is 2.23. The minimum Gasteiger partial charge on any atom is -0.497 e. The van der Waals surface area contributed by atoms with Crippen molar-refractivity contribution >= 4 is 16.8 Å². The molecule has 112 valence electrons. The van der Waals surface area contributed by atoms with E-state index in [0.717, 1.165) is 0 Å². The van der Waals surface area contributed by atoms with Gasteiger partial charge in [0.1, 0.15) is 11.3 Å². The van der Waals surface area contributed by atoms with Crippen LogP contribution in [-0.2, 0) is 4.74 Å². The van der Waals surface area contributed by atoms with Crippen LogP contribution in [0, 0.1) is 0 Å². The molecule has 0 aliphatic heterocycles. The molecule has 0 saturated heterocycles. The third-order valence-corrected chi connectivity index (χ3v) is 3.14. The molecule has 0 aliphatic carbocycles. The molecule has 1 heterocycles. The molecule has 2 rings (SSSR count). The maximum absolute atomic E-state index is 12.3. The molecular weight excluding hydrogens is 272 g/mol. The van der Waals surface area contributed by atoms with E-state index < -0.39 is 0 Å². The number of carbonyl (C=O) groups excluding carboxylic acids is 1. The van der Waals surface area contributed by atoms with Crippen LogP contribution in [0.2, 0.25) is 0 Å². The highest BCUT2D eigenvalue weighted by atomic mass is 16.5. The minimum atomic E-state index is -0.384. The smallest absolute Gasteiger partial charge is 0.256 e. The molecule has 0 aliphatic rings. The first kappa shape index (κ1) is 15.1. The first-order valence-corrected chi connectivity index (χ1v) is 6.64. The fourth-order valence-corrected chi connectivity index (χ4v) is 2.01. The second-order valence-corrected chi connectivity index (χ2v) is 4.55. The highest BCUT2D eigenvalue weighted by Crippen LogP contribution is 2.16. The average Bonchev–Trinajstić information content (AvgIpc) is 2.51. The summed E-state index contributed by atoms with van der Waals surface area (Å²) in [4.78, 5) is 27.3. The van der Waals surface area contributed by atoms with Gasteiger partial charge in [-0.1, -0.05) is 0 Å². The van der Waals surface area contributed by atoms with E-state index in [0.29, 0.717) is 36.2 Å². The second kappa shape index (κ2) is 6.90. The van der Waals surface area contributed by atoms with Crippen molar-refractivity contribution in [2.75, 3.05) is 27.4 Å². The van der Waals surface area contributed by atoms with Crippen molar-refractivity contribution in [2.24, 2.45) is 0 Å². The topological polar surface area (TPSA) is 80.4 Å². The third kappa shape index (κ3) is 3.41. The van der Waals surface area contributed by atoms with Crippen molar-refractivity contribution in [3.8, 4) is 5.75 Å². The van der Waals surface area contributed by atoms with E-state index in [1.165, 1.54) is 6.20 Å². The third-order valence-electron chi connectivity index (χ3n) is 3.14. The van der Waals surface area contributed by atoms with Crippen LogP contribution in [0.15, 0.2) is 29.2 Å². The van der Waals surface area contributed by atoms with Gasteiger partial charge in [-0.3, -0.25) is 9.59 Å². The number of hydrogen-bond acceptors (Lipinski definition) is 4. The van der Waals surface area contributed by atoms with E-state index in [4.69, 9.17) is 9.47 Å². The molecule has 0 atom stereocenters. The van der Waals surface area contributed by atoms with Gasteiger partial charge in [0.05, 0.1) is 12.6 Å². The second-order valence-electron chi connectivity index (χ2n) is 4.55. The standard InChI is InChI=1S/C15H18N2O4/c1-20-7-3-6-16-15(19)12-9-17-13-8-10(21-2)4-5-11(13)14(12)18/h4-5,8-9H,3,6-7H2,1-2H3,(H,16,19)(H,17,18). The normalized spacial score (nSPS) is 10.6. The van der Waals surface area contributed by atoms with Gasteiger partial charge >= 0.3 is 0 Å². The average molecular weight is 290 g/mol. The summed E-state index contributed by atoms with van der Waals surface area (Å²) in [7, 11) is 3.16. The Morgan fingerprint density at radius 2 is 2.14 bits per heavy atom. The summed E-state index contributed by atoms with van der Waals surface area (Å²) in [6, 6.07) is 5.06. The molecule has 0 bridgehead atoms. The molecule has 2 aromatic rings. The lowest BCUT2D eigenvalue weighted by atomic mass is 10.1. The SMILES string of the molecule is COCCCNC(=O)c1c[nH]c2cc(OC)ccc2c1=O. The van der Waals surface area contributed by atoms with Gasteiger partial charge in [-0.05, 0) is 18.6 Å². The molecule has 1 aromatic carbocycles. The number of nitrogens with one attached hydrogen (secondary N) is 2. The highest BCUT2D eigenvalue weighted by Gasteiger charge is 2.12. The van der Waals surface area contributed by atoms with E-state index in [9.17, 15) is 9.59 Å². The molecule has 2 N–H and O–H groups in total. The van der Waals surface area contributed by atoms with Gasteiger partial charge in [-0.25, -0.2) is 0 Å². The Bertz CT molecular complexity index is 694. The zero-order chi connectivity index (χ0) is 15.2. The number of amides is 1. The Kier molecular flexibility index (Phi) is 4.94. The number of rotatable bonds is 6. The molecule has 6 heteroatoms. The predicted octanol–water partition coefficient (Wildman–Crippen LogP) is 1.30. The van der Waals surface area contributed by atoms with E-state index in [2.05, 4.69) is 10.3 Å². The zero-order valence-electron chi connectivity index (χ0n) is 12.1. The molecule has 0 saturated carbocycles. The fraction of sp³-hybridized carbons (Fsp3) is 0.333. The maximum Gasteiger partial charge on any atom is 0.256 e. The number of carbonyl (C=O) groups is 1. The molecule has 1 amide bonds. The van der Waals surface area contributed by atoms with Crippen LogP contribution in [0.5, 0.6) is 5.75 Å². The lowest BCUT2D eigenvalue weighted by Crippen LogP contribution is -2.30. The molecule has 0 fully saturated rings. The number of benzene rings is 1. The number of aromatic amines is 1. The number of fused-ring (bicyclic) bond motifs is 1. The Morgan fingerprint density at radius 3 is 2.86 bits per heavy atom. The Morgan fingerprint density at radius 1 is 1.33 bits per heavy atom. The maximum atomic E-state index is 12.3. The first-order chi connectivity index (χ1) is 10.2. The van der Waals surface area contributed by atoms with Crippen LogP contribution >= 0.6 is 0 Å². The van der Waals surface area contributed by atoms with E-state index in [1.807, 2.05) is 0 Å².